The van der Waals surface area contributed by atoms with E-state index < -0.39 is 16.8 Å². The first-order valence-corrected chi connectivity index (χ1v) is 7.88. The number of non-ortho nitro benzene ring substituents is 1. The summed E-state index contributed by atoms with van der Waals surface area (Å²) in [6, 6.07) is 14.8. The number of rotatable bonds is 5. The molecule has 0 saturated carbocycles. The number of aromatic nitrogens is 2. The average Bonchev–Trinajstić information content (AvgIpc) is 2.68. The third kappa shape index (κ3) is 4.67. The van der Waals surface area contributed by atoms with Crippen LogP contribution in [0.25, 0.3) is 11.3 Å². The minimum atomic E-state index is -4.66. The van der Waals surface area contributed by atoms with Gasteiger partial charge in [0.15, 0.2) is 5.69 Å². The van der Waals surface area contributed by atoms with Crippen LogP contribution in [0.4, 0.5) is 24.8 Å². The summed E-state index contributed by atoms with van der Waals surface area (Å²) < 4.78 is 39.5. The van der Waals surface area contributed by atoms with Crippen LogP contribution in [-0.4, -0.2) is 21.1 Å². The van der Waals surface area contributed by atoms with Gasteiger partial charge in [-0.2, -0.15) is 18.3 Å². The molecular formula is C18H12F3N5O2. The summed E-state index contributed by atoms with van der Waals surface area (Å²) in [6.45, 7) is 0. The molecule has 0 unspecified atom stereocenters. The summed E-state index contributed by atoms with van der Waals surface area (Å²) >= 11 is 0. The van der Waals surface area contributed by atoms with Crippen LogP contribution in [0, 0.1) is 10.1 Å². The Labute approximate surface area is 156 Å². The average molecular weight is 387 g/mol. The highest BCUT2D eigenvalue weighted by atomic mass is 19.4. The molecule has 28 heavy (non-hydrogen) atoms. The number of halogens is 3. The van der Waals surface area contributed by atoms with E-state index in [1.807, 2.05) is 0 Å². The second-order valence-electron chi connectivity index (χ2n) is 5.55. The van der Waals surface area contributed by atoms with Gasteiger partial charge in [-0.25, -0.2) is 15.4 Å². The van der Waals surface area contributed by atoms with Crippen molar-refractivity contribution in [1.29, 1.82) is 0 Å². The van der Waals surface area contributed by atoms with Crippen LogP contribution in [-0.2, 0) is 6.18 Å². The van der Waals surface area contributed by atoms with E-state index in [2.05, 4.69) is 20.5 Å². The Morgan fingerprint density at radius 1 is 1.04 bits per heavy atom. The fraction of sp³-hybridized carbons (Fsp3) is 0.0556. The number of anilines is 1. The summed E-state index contributed by atoms with van der Waals surface area (Å²) in [5.74, 6) is -0.352. The van der Waals surface area contributed by atoms with Gasteiger partial charge in [0.2, 0.25) is 5.95 Å². The molecule has 0 saturated heterocycles. The first-order valence-electron chi connectivity index (χ1n) is 7.88. The van der Waals surface area contributed by atoms with Crippen molar-refractivity contribution < 1.29 is 18.1 Å². The maximum atomic E-state index is 13.2. The highest BCUT2D eigenvalue weighted by molar-refractivity contribution is 5.81. The van der Waals surface area contributed by atoms with E-state index in [0.717, 1.165) is 6.07 Å². The largest absolute Gasteiger partial charge is 0.433 e. The molecule has 0 amide bonds. The summed E-state index contributed by atoms with van der Waals surface area (Å²) in [6.07, 6.45) is -3.44. The zero-order chi connectivity index (χ0) is 20.1. The van der Waals surface area contributed by atoms with Gasteiger partial charge in [-0.1, -0.05) is 42.5 Å². The molecule has 0 aliphatic rings. The Kier molecular flexibility index (Phi) is 5.30. The van der Waals surface area contributed by atoms with Crippen LogP contribution >= 0.6 is 0 Å². The fourth-order valence-corrected chi connectivity index (χ4v) is 2.28. The van der Waals surface area contributed by atoms with Gasteiger partial charge in [0.25, 0.3) is 5.69 Å². The summed E-state index contributed by atoms with van der Waals surface area (Å²) in [4.78, 5) is 17.7. The highest BCUT2D eigenvalue weighted by Gasteiger charge is 2.33. The standard InChI is InChI=1S/C18H12F3N5O2/c19-18(20,21)16-10-15(13-6-2-1-3-7-13)23-17(24-16)25-22-11-12-5-4-8-14(9-12)26(27)28/h1-11H,(H,23,24,25)/b22-11-. The molecule has 0 bridgehead atoms. The number of hydrogen-bond acceptors (Lipinski definition) is 6. The predicted molar refractivity (Wildman–Crippen MR) is 96.8 cm³/mol. The summed E-state index contributed by atoms with van der Waals surface area (Å²) in [5.41, 5.74) is 2.04. The number of nitro groups is 1. The number of nitrogens with zero attached hydrogens (tertiary/aromatic N) is 4. The molecule has 1 N–H and O–H groups in total. The van der Waals surface area contributed by atoms with E-state index in [-0.39, 0.29) is 17.3 Å². The van der Waals surface area contributed by atoms with Crippen molar-refractivity contribution in [3.05, 3.63) is 82.0 Å². The Morgan fingerprint density at radius 2 is 1.79 bits per heavy atom. The second kappa shape index (κ2) is 7.82. The van der Waals surface area contributed by atoms with Crippen molar-refractivity contribution in [2.75, 3.05) is 5.43 Å². The van der Waals surface area contributed by atoms with Gasteiger partial charge in [0, 0.05) is 23.3 Å². The van der Waals surface area contributed by atoms with Crippen LogP contribution < -0.4 is 5.43 Å². The normalized spacial score (nSPS) is 11.5. The highest BCUT2D eigenvalue weighted by Crippen LogP contribution is 2.31. The molecule has 0 aliphatic carbocycles. The Balaban J connectivity index is 1.89. The van der Waals surface area contributed by atoms with Gasteiger partial charge in [0.05, 0.1) is 16.8 Å². The maximum Gasteiger partial charge on any atom is 0.433 e. The summed E-state index contributed by atoms with van der Waals surface area (Å²) in [5, 5.41) is 14.6. The molecule has 0 radical (unpaired) electrons. The molecule has 3 rings (SSSR count). The molecule has 142 valence electrons. The second-order valence-corrected chi connectivity index (χ2v) is 5.55. The molecule has 7 nitrogen and oxygen atoms in total. The molecule has 1 heterocycles. The van der Waals surface area contributed by atoms with Crippen LogP contribution in [0.3, 0.4) is 0 Å². The molecule has 3 aromatic rings. The van der Waals surface area contributed by atoms with E-state index in [0.29, 0.717) is 11.1 Å². The third-order valence-corrected chi connectivity index (χ3v) is 3.55. The lowest BCUT2D eigenvalue weighted by Crippen LogP contribution is -2.11. The smallest absolute Gasteiger partial charge is 0.258 e. The van der Waals surface area contributed by atoms with Crippen LogP contribution in [0.2, 0.25) is 0 Å². The Bertz CT molecular complexity index is 1020. The van der Waals surface area contributed by atoms with E-state index in [9.17, 15) is 23.3 Å². The summed E-state index contributed by atoms with van der Waals surface area (Å²) in [7, 11) is 0. The van der Waals surface area contributed by atoms with Crippen LogP contribution in [0.15, 0.2) is 65.8 Å². The van der Waals surface area contributed by atoms with Crippen molar-refractivity contribution in [3.63, 3.8) is 0 Å². The van der Waals surface area contributed by atoms with Gasteiger partial charge in [-0.3, -0.25) is 10.1 Å². The molecule has 1 aromatic heterocycles. The van der Waals surface area contributed by atoms with Gasteiger partial charge >= 0.3 is 6.18 Å². The van der Waals surface area contributed by atoms with Crippen molar-refractivity contribution in [3.8, 4) is 11.3 Å². The third-order valence-electron chi connectivity index (χ3n) is 3.55. The van der Waals surface area contributed by atoms with Gasteiger partial charge in [-0.15, -0.1) is 0 Å². The number of nitrogens with one attached hydrogen (secondary N) is 1. The Morgan fingerprint density at radius 3 is 2.46 bits per heavy atom. The van der Waals surface area contributed by atoms with Gasteiger partial charge in [0.1, 0.15) is 0 Å². The Hall–Kier alpha value is -3.82. The van der Waals surface area contributed by atoms with Crippen LogP contribution in [0.5, 0.6) is 0 Å². The minimum absolute atomic E-state index is 0.0796. The van der Waals surface area contributed by atoms with E-state index in [1.54, 1.807) is 36.4 Å². The molecule has 2 aromatic carbocycles. The fourth-order valence-electron chi connectivity index (χ4n) is 2.28. The molecular weight excluding hydrogens is 375 g/mol. The molecule has 0 atom stereocenters. The lowest BCUT2D eigenvalue weighted by molar-refractivity contribution is -0.384. The van der Waals surface area contributed by atoms with Crippen molar-refractivity contribution >= 4 is 17.9 Å². The molecule has 0 spiro atoms. The molecule has 10 heteroatoms. The molecule has 0 fully saturated rings. The lowest BCUT2D eigenvalue weighted by Gasteiger charge is -2.10. The van der Waals surface area contributed by atoms with Crippen molar-refractivity contribution in [1.82, 2.24) is 9.97 Å². The number of alkyl halides is 3. The quantitative estimate of drug-likeness (QED) is 0.395. The number of benzene rings is 2. The first-order chi connectivity index (χ1) is 13.3. The zero-order valence-corrected chi connectivity index (χ0v) is 14.1. The van der Waals surface area contributed by atoms with Gasteiger partial charge in [-0.05, 0) is 6.07 Å². The number of nitro benzene ring substituents is 1. The molecule has 0 aliphatic heterocycles. The first kappa shape index (κ1) is 19.0. The van der Waals surface area contributed by atoms with Crippen molar-refractivity contribution in [2.45, 2.75) is 6.18 Å². The van der Waals surface area contributed by atoms with Crippen molar-refractivity contribution in [2.24, 2.45) is 5.10 Å². The lowest BCUT2D eigenvalue weighted by atomic mass is 10.1. The van der Waals surface area contributed by atoms with E-state index in [1.165, 1.54) is 24.4 Å². The van der Waals surface area contributed by atoms with Crippen LogP contribution in [0.1, 0.15) is 11.3 Å². The monoisotopic (exact) mass is 387 g/mol. The predicted octanol–water partition coefficient (Wildman–Crippen LogP) is 4.52. The van der Waals surface area contributed by atoms with Gasteiger partial charge < -0.3 is 0 Å². The minimum Gasteiger partial charge on any atom is -0.258 e. The zero-order valence-electron chi connectivity index (χ0n) is 14.1. The van der Waals surface area contributed by atoms with E-state index >= 15 is 0 Å². The van der Waals surface area contributed by atoms with E-state index in [4.69, 9.17) is 0 Å². The number of hydrogen-bond donors (Lipinski definition) is 1. The topological polar surface area (TPSA) is 93.3 Å². The SMILES string of the molecule is O=[N+]([O-])c1cccc(/C=N\Nc2nc(-c3ccccc3)cc(C(F)(F)F)n2)c1. The number of hydrazone groups is 1. The maximum absolute atomic E-state index is 13.2.